The number of ether oxygens (including phenoxy) is 1. The molecular weight excluding hydrogens is 296 g/mol. The van der Waals surface area contributed by atoms with Gasteiger partial charge in [0.1, 0.15) is 0 Å². The van der Waals surface area contributed by atoms with Crippen molar-refractivity contribution in [1.29, 1.82) is 0 Å². The minimum atomic E-state index is -3.95. The molecule has 7 nitrogen and oxygen atoms in total. The van der Waals surface area contributed by atoms with Gasteiger partial charge in [-0.1, -0.05) is 13.8 Å². The molecule has 0 aliphatic carbocycles. The van der Waals surface area contributed by atoms with E-state index in [1.165, 1.54) is 12.1 Å². The van der Waals surface area contributed by atoms with E-state index in [4.69, 9.17) is 15.6 Å². The van der Waals surface area contributed by atoms with Crippen molar-refractivity contribution in [2.45, 2.75) is 18.7 Å². The summed E-state index contributed by atoms with van der Waals surface area (Å²) >= 11 is 0. The molecule has 0 aliphatic rings. The Morgan fingerprint density at radius 1 is 1.43 bits per heavy atom. The van der Waals surface area contributed by atoms with Gasteiger partial charge in [0, 0.05) is 18.8 Å². The number of nitrogens with two attached hydrogens (primary N) is 1. The number of carboxylic acid groups (broad SMARTS) is 1. The number of carbonyl (C=O) groups is 1. The molecule has 0 aromatic heterocycles. The second kappa shape index (κ2) is 7.39. The smallest absolute Gasteiger partial charge is 0.337 e. The van der Waals surface area contributed by atoms with Gasteiger partial charge >= 0.3 is 5.97 Å². The van der Waals surface area contributed by atoms with E-state index < -0.39 is 16.0 Å². The van der Waals surface area contributed by atoms with Gasteiger partial charge in [0.15, 0.2) is 0 Å². The first kappa shape index (κ1) is 17.4. The zero-order valence-corrected chi connectivity index (χ0v) is 12.8. The molecule has 1 rings (SSSR count). The Bertz CT molecular complexity index is 599. The molecule has 0 spiro atoms. The summed E-state index contributed by atoms with van der Waals surface area (Å²) in [7, 11) is -3.95. The molecule has 0 heterocycles. The summed E-state index contributed by atoms with van der Waals surface area (Å²) in [6.45, 7) is 4.76. The highest BCUT2D eigenvalue weighted by atomic mass is 32.2. The normalized spacial score (nSPS) is 11.8. The SMILES string of the molecule is CC(C)COCCNS(=O)(=O)c1cc(N)ccc1C(=O)O. The van der Waals surface area contributed by atoms with Crippen molar-refractivity contribution in [1.82, 2.24) is 4.72 Å². The van der Waals surface area contributed by atoms with E-state index in [1.54, 1.807) is 0 Å². The van der Waals surface area contributed by atoms with Crippen LogP contribution in [0.15, 0.2) is 23.1 Å². The minimum absolute atomic E-state index is 0.0584. The van der Waals surface area contributed by atoms with E-state index >= 15 is 0 Å². The van der Waals surface area contributed by atoms with E-state index in [0.717, 1.165) is 6.07 Å². The van der Waals surface area contributed by atoms with E-state index in [2.05, 4.69) is 4.72 Å². The van der Waals surface area contributed by atoms with Crippen LogP contribution in [-0.2, 0) is 14.8 Å². The quantitative estimate of drug-likeness (QED) is 0.484. The average Bonchev–Trinajstić information content (AvgIpc) is 2.37. The Morgan fingerprint density at radius 3 is 2.67 bits per heavy atom. The Morgan fingerprint density at radius 2 is 2.10 bits per heavy atom. The Kier molecular flexibility index (Phi) is 6.13. The van der Waals surface area contributed by atoms with Crippen molar-refractivity contribution in [3.05, 3.63) is 23.8 Å². The second-order valence-corrected chi connectivity index (χ2v) is 6.66. The molecule has 0 saturated carbocycles. The van der Waals surface area contributed by atoms with Gasteiger partial charge in [-0.2, -0.15) is 0 Å². The third-order valence-corrected chi connectivity index (χ3v) is 4.02. The second-order valence-electron chi connectivity index (χ2n) is 4.93. The summed E-state index contributed by atoms with van der Waals surface area (Å²) in [6.07, 6.45) is 0. The first-order valence-electron chi connectivity index (χ1n) is 6.44. The fourth-order valence-electron chi connectivity index (χ4n) is 1.58. The van der Waals surface area contributed by atoms with Gasteiger partial charge in [-0.25, -0.2) is 17.9 Å². The van der Waals surface area contributed by atoms with Crippen molar-refractivity contribution in [3.8, 4) is 0 Å². The number of aromatic carboxylic acids is 1. The maximum absolute atomic E-state index is 12.1. The maximum Gasteiger partial charge on any atom is 0.337 e. The molecule has 1 aromatic carbocycles. The molecule has 1 aromatic rings. The van der Waals surface area contributed by atoms with E-state index in [1.807, 2.05) is 13.8 Å². The lowest BCUT2D eigenvalue weighted by Crippen LogP contribution is -2.29. The number of rotatable bonds is 8. The van der Waals surface area contributed by atoms with Crippen LogP contribution in [-0.4, -0.2) is 39.3 Å². The van der Waals surface area contributed by atoms with Crippen LogP contribution in [0.1, 0.15) is 24.2 Å². The van der Waals surface area contributed by atoms with E-state index in [-0.39, 0.29) is 29.3 Å². The average molecular weight is 316 g/mol. The van der Waals surface area contributed by atoms with Crippen molar-refractivity contribution in [2.75, 3.05) is 25.5 Å². The molecule has 4 N–H and O–H groups in total. The molecule has 118 valence electrons. The van der Waals surface area contributed by atoms with E-state index in [9.17, 15) is 13.2 Å². The Balaban J connectivity index is 2.79. The van der Waals surface area contributed by atoms with Gasteiger partial charge in [0.2, 0.25) is 10.0 Å². The van der Waals surface area contributed by atoms with Crippen LogP contribution in [0.25, 0.3) is 0 Å². The molecule has 0 atom stereocenters. The molecule has 0 amide bonds. The first-order valence-corrected chi connectivity index (χ1v) is 7.92. The Labute approximate surface area is 124 Å². The number of anilines is 1. The number of hydrogen-bond donors (Lipinski definition) is 3. The third-order valence-electron chi connectivity index (χ3n) is 2.52. The number of hydrogen-bond acceptors (Lipinski definition) is 5. The molecule has 0 bridgehead atoms. The molecule has 8 heteroatoms. The molecule has 21 heavy (non-hydrogen) atoms. The van der Waals surface area contributed by atoms with Gasteiger partial charge in [-0.15, -0.1) is 0 Å². The van der Waals surface area contributed by atoms with Crippen molar-refractivity contribution >= 4 is 21.7 Å². The summed E-state index contributed by atoms with van der Waals surface area (Å²) in [4.78, 5) is 10.7. The molecule has 0 radical (unpaired) electrons. The van der Waals surface area contributed by atoms with Crippen molar-refractivity contribution in [2.24, 2.45) is 5.92 Å². The fraction of sp³-hybridized carbons (Fsp3) is 0.462. The molecule has 0 unspecified atom stereocenters. The van der Waals surface area contributed by atoms with Crippen LogP contribution in [0, 0.1) is 5.92 Å². The van der Waals surface area contributed by atoms with Crippen LogP contribution in [0.2, 0.25) is 0 Å². The van der Waals surface area contributed by atoms with Crippen LogP contribution >= 0.6 is 0 Å². The van der Waals surface area contributed by atoms with Gasteiger partial charge in [0.25, 0.3) is 0 Å². The summed E-state index contributed by atoms with van der Waals surface area (Å²) in [5.41, 5.74) is 5.38. The largest absolute Gasteiger partial charge is 0.478 e. The third kappa shape index (κ3) is 5.33. The highest BCUT2D eigenvalue weighted by molar-refractivity contribution is 7.89. The van der Waals surface area contributed by atoms with Crippen LogP contribution in [0.3, 0.4) is 0 Å². The van der Waals surface area contributed by atoms with Gasteiger partial charge < -0.3 is 15.6 Å². The first-order chi connectivity index (χ1) is 9.74. The lowest BCUT2D eigenvalue weighted by atomic mass is 10.2. The lowest BCUT2D eigenvalue weighted by Gasteiger charge is -2.11. The molecule has 0 saturated heterocycles. The Hall–Kier alpha value is -1.64. The predicted molar refractivity (Wildman–Crippen MR) is 78.7 cm³/mol. The van der Waals surface area contributed by atoms with Gasteiger partial charge in [0.05, 0.1) is 17.1 Å². The van der Waals surface area contributed by atoms with Gasteiger partial charge in [-0.05, 0) is 24.1 Å². The highest BCUT2D eigenvalue weighted by Gasteiger charge is 2.22. The lowest BCUT2D eigenvalue weighted by molar-refractivity contribution is 0.0692. The zero-order chi connectivity index (χ0) is 16.0. The molecule has 0 fully saturated rings. The standard InChI is InChI=1S/C13H20N2O5S/c1-9(2)8-20-6-5-15-21(18,19)12-7-10(14)3-4-11(12)13(16)17/h3-4,7,9,15H,5-6,8,14H2,1-2H3,(H,16,17). The summed E-state index contributed by atoms with van der Waals surface area (Å²) in [6, 6.07) is 3.64. The van der Waals surface area contributed by atoms with Gasteiger partial charge in [-0.3, -0.25) is 0 Å². The summed E-state index contributed by atoms with van der Waals surface area (Å²) in [5, 5.41) is 9.03. The number of nitrogen functional groups attached to an aromatic ring is 1. The number of carboxylic acids is 1. The zero-order valence-electron chi connectivity index (χ0n) is 12.0. The number of sulfonamides is 1. The maximum atomic E-state index is 12.1. The number of benzene rings is 1. The monoisotopic (exact) mass is 316 g/mol. The molecular formula is C13H20N2O5S. The topological polar surface area (TPSA) is 119 Å². The van der Waals surface area contributed by atoms with Crippen molar-refractivity contribution < 1.29 is 23.1 Å². The fourth-order valence-corrected chi connectivity index (χ4v) is 2.83. The van der Waals surface area contributed by atoms with E-state index in [0.29, 0.717) is 12.5 Å². The summed E-state index contributed by atoms with van der Waals surface area (Å²) < 4.78 is 31.8. The summed E-state index contributed by atoms with van der Waals surface area (Å²) in [5.74, 6) is -0.972. The number of nitrogens with one attached hydrogen (secondary N) is 1. The minimum Gasteiger partial charge on any atom is -0.478 e. The van der Waals surface area contributed by atoms with Crippen molar-refractivity contribution in [3.63, 3.8) is 0 Å². The molecule has 0 aliphatic heterocycles. The van der Waals surface area contributed by atoms with Crippen LogP contribution < -0.4 is 10.5 Å². The highest BCUT2D eigenvalue weighted by Crippen LogP contribution is 2.19. The van der Waals surface area contributed by atoms with Crippen LogP contribution in [0.5, 0.6) is 0 Å². The predicted octanol–water partition coefficient (Wildman–Crippen LogP) is 0.918. The van der Waals surface area contributed by atoms with Crippen LogP contribution in [0.4, 0.5) is 5.69 Å².